The van der Waals surface area contributed by atoms with Gasteiger partial charge in [0.2, 0.25) is 0 Å². The van der Waals surface area contributed by atoms with Crippen LogP contribution in [0, 0.1) is 0 Å². The van der Waals surface area contributed by atoms with Crippen LogP contribution in [0.1, 0.15) is 36.1 Å². The van der Waals surface area contributed by atoms with Gasteiger partial charge in [-0.15, -0.1) is 12.4 Å². The Bertz CT molecular complexity index is 1100. The third-order valence-corrected chi connectivity index (χ3v) is 7.48. The SMILES string of the molecule is COc1cc2c(cc1OC)C(C)N(C1CCN(CCc3ccc4ccccc4c3)C1)CC2.Cl. The van der Waals surface area contributed by atoms with Crippen LogP contribution in [-0.4, -0.2) is 56.2 Å². The van der Waals surface area contributed by atoms with E-state index in [-0.39, 0.29) is 12.4 Å². The molecule has 2 aliphatic rings. The van der Waals surface area contributed by atoms with Crippen LogP contribution >= 0.6 is 12.4 Å². The number of halogens is 1. The Morgan fingerprint density at radius 3 is 2.45 bits per heavy atom. The molecule has 2 heterocycles. The molecule has 33 heavy (non-hydrogen) atoms. The molecular weight excluding hydrogens is 432 g/mol. The fraction of sp³-hybridized carbons (Fsp3) is 0.429. The van der Waals surface area contributed by atoms with Gasteiger partial charge in [0, 0.05) is 31.7 Å². The Morgan fingerprint density at radius 2 is 1.67 bits per heavy atom. The van der Waals surface area contributed by atoms with Crippen LogP contribution in [0.3, 0.4) is 0 Å². The molecule has 2 aliphatic heterocycles. The van der Waals surface area contributed by atoms with Gasteiger partial charge in [-0.05, 0) is 72.3 Å². The van der Waals surface area contributed by atoms with E-state index in [2.05, 4.69) is 71.3 Å². The van der Waals surface area contributed by atoms with Gasteiger partial charge in [-0.1, -0.05) is 42.5 Å². The van der Waals surface area contributed by atoms with Gasteiger partial charge < -0.3 is 14.4 Å². The van der Waals surface area contributed by atoms with Gasteiger partial charge in [0.15, 0.2) is 11.5 Å². The fourth-order valence-corrected chi connectivity index (χ4v) is 5.63. The molecule has 2 unspecified atom stereocenters. The maximum absolute atomic E-state index is 5.58. The van der Waals surface area contributed by atoms with E-state index in [1.165, 1.54) is 47.0 Å². The van der Waals surface area contributed by atoms with Crippen LogP contribution < -0.4 is 9.47 Å². The minimum Gasteiger partial charge on any atom is -0.493 e. The van der Waals surface area contributed by atoms with Crippen molar-refractivity contribution in [2.45, 2.75) is 38.3 Å². The number of rotatable bonds is 6. The number of likely N-dealkylation sites (tertiary alicyclic amines) is 1. The van der Waals surface area contributed by atoms with Crippen LogP contribution in [0.2, 0.25) is 0 Å². The summed E-state index contributed by atoms with van der Waals surface area (Å²) in [7, 11) is 3.44. The third-order valence-electron chi connectivity index (χ3n) is 7.48. The smallest absolute Gasteiger partial charge is 0.161 e. The second kappa shape index (κ2) is 10.3. The molecule has 0 radical (unpaired) electrons. The lowest BCUT2D eigenvalue weighted by atomic mass is 9.91. The molecule has 2 atom stereocenters. The van der Waals surface area contributed by atoms with Crippen molar-refractivity contribution in [2.75, 3.05) is 40.4 Å². The van der Waals surface area contributed by atoms with Crippen molar-refractivity contribution < 1.29 is 9.47 Å². The Morgan fingerprint density at radius 1 is 0.909 bits per heavy atom. The van der Waals surface area contributed by atoms with Crippen LogP contribution in [0.5, 0.6) is 11.5 Å². The van der Waals surface area contributed by atoms with Crippen molar-refractivity contribution in [1.82, 2.24) is 9.80 Å². The number of nitrogens with zero attached hydrogens (tertiary/aromatic N) is 2. The van der Waals surface area contributed by atoms with E-state index in [0.29, 0.717) is 12.1 Å². The Labute approximate surface area is 203 Å². The Balaban J connectivity index is 0.00000259. The summed E-state index contributed by atoms with van der Waals surface area (Å²) in [5, 5.41) is 2.67. The Hall–Kier alpha value is -2.27. The summed E-state index contributed by atoms with van der Waals surface area (Å²) in [6.45, 7) is 6.97. The highest BCUT2D eigenvalue weighted by molar-refractivity contribution is 5.85. The number of fused-ring (bicyclic) bond motifs is 2. The molecule has 4 nitrogen and oxygen atoms in total. The van der Waals surface area contributed by atoms with Gasteiger partial charge in [-0.2, -0.15) is 0 Å². The van der Waals surface area contributed by atoms with Crippen LogP contribution in [0.15, 0.2) is 54.6 Å². The zero-order valence-electron chi connectivity index (χ0n) is 19.9. The summed E-state index contributed by atoms with van der Waals surface area (Å²) >= 11 is 0. The standard InChI is InChI=1S/C28H34N2O2.ClH/c1-20-26-18-28(32-3)27(31-2)17-24(26)11-15-30(20)25-12-14-29(19-25)13-10-21-8-9-22-6-4-5-7-23(22)16-21;/h4-9,16-18,20,25H,10-15,19H2,1-3H3;1H. The molecule has 5 heteroatoms. The molecule has 0 bridgehead atoms. The van der Waals surface area contributed by atoms with Crippen molar-refractivity contribution in [2.24, 2.45) is 0 Å². The van der Waals surface area contributed by atoms with E-state index in [1.54, 1.807) is 14.2 Å². The lowest BCUT2D eigenvalue weighted by Crippen LogP contribution is -2.43. The van der Waals surface area contributed by atoms with Gasteiger partial charge in [0.05, 0.1) is 14.2 Å². The topological polar surface area (TPSA) is 24.9 Å². The highest BCUT2D eigenvalue weighted by Gasteiger charge is 2.34. The minimum atomic E-state index is 0. The molecule has 0 amide bonds. The minimum absolute atomic E-state index is 0. The average Bonchev–Trinajstić information content (AvgIpc) is 3.31. The van der Waals surface area contributed by atoms with E-state index < -0.39 is 0 Å². The fourth-order valence-electron chi connectivity index (χ4n) is 5.63. The summed E-state index contributed by atoms with van der Waals surface area (Å²) in [5.41, 5.74) is 4.23. The number of benzene rings is 3. The zero-order chi connectivity index (χ0) is 22.1. The molecule has 1 fully saturated rings. The van der Waals surface area contributed by atoms with Crippen LogP contribution in [0.25, 0.3) is 10.8 Å². The quantitative estimate of drug-likeness (QED) is 0.478. The molecular formula is C28H35ClN2O2. The molecule has 3 aromatic rings. The van der Waals surface area contributed by atoms with Gasteiger partial charge in [-0.3, -0.25) is 4.90 Å². The van der Waals surface area contributed by atoms with Crippen LogP contribution in [-0.2, 0) is 12.8 Å². The normalized spacial score (nSPS) is 20.9. The molecule has 176 valence electrons. The first-order valence-corrected chi connectivity index (χ1v) is 11.9. The van der Waals surface area contributed by atoms with Gasteiger partial charge in [0.1, 0.15) is 0 Å². The van der Waals surface area contributed by atoms with E-state index in [1.807, 2.05) is 0 Å². The highest BCUT2D eigenvalue weighted by atomic mass is 35.5. The number of methoxy groups -OCH3 is 2. The molecule has 0 aliphatic carbocycles. The first-order valence-electron chi connectivity index (χ1n) is 11.9. The first kappa shape index (κ1) is 23.9. The maximum atomic E-state index is 5.58. The van der Waals surface area contributed by atoms with E-state index in [9.17, 15) is 0 Å². The number of hydrogen-bond donors (Lipinski definition) is 0. The van der Waals surface area contributed by atoms with Crippen molar-refractivity contribution in [3.05, 3.63) is 71.3 Å². The second-order valence-electron chi connectivity index (χ2n) is 9.24. The largest absolute Gasteiger partial charge is 0.493 e. The molecule has 1 saturated heterocycles. The number of ether oxygens (including phenoxy) is 2. The van der Waals surface area contributed by atoms with E-state index >= 15 is 0 Å². The predicted molar refractivity (Wildman–Crippen MR) is 138 cm³/mol. The van der Waals surface area contributed by atoms with Crippen molar-refractivity contribution in [3.63, 3.8) is 0 Å². The number of hydrogen-bond acceptors (Lipinski definition) is 4. The molecule has 0 aromatic heterocycles. The van der Waals surface area contributed by atoms with Crippen LogP contribution in [0.4, 0.5) is 0 Å². The van der Waals surface area contributed by atoms with Gasteiger partial charge >= 0.3 is 0 Å². The molecule has 0 spiro atoms. The highest BCUT2D eigenvalue weighted by Crippen LogP contribution is 2.39. The lowest BCUT2D eigenvalue weighted by molar-refractivity contribution is 0.134. The average molecular weight is 467 g/mol. The maximum Gasteiger partial charge on any atom is 0.161 e. The third kappa shape index (κ3) is 4.84. The van der Waals surface area contributed by atoms with Crippen molar-refractivity contribution >= 4 is 23.2 Å². The summed E-state index contributed by atoms with van der Waals surface area (Å²) in [5.74, 6) is 1.68. The van der Waals surface area contributed by atoms with E-state index in [0.717, 1.165) is 37.4 Å². The van der Waals surface area contributed by atoms with Crippen molar-refractivity contribution in [1.29, 1.82) is 0 Å². The lowest BCUT2D eigenvalue weighted by Gasteiger charge is -2.39. The van der Waals surface area contributed by atoms with Gasteiger partial charge in [0.25, 0.3) is 0 Å². The first-order chi connectivity index (χ1) is 15.7. The van der Waals surface area contributed by atoms with Crippen molar-refractivity contribution in [3.8, 4) is 11.5 Å². The summed E-state index contributed by atoms with van der Waals surface area (Å²) in [6.07, 6.45) is 3.45. The second-order valence-corrected chi connectivity index (χ2v) is 9.24. The molecule has 3 aromatic carbocycles. The zero-order valence-corrected chi connectivity index (χ0v) is 20.7. The summed E-state index contributed by atoms with van der Waals surface area (Å²) in [6, 6.07) is 20.9. The summed E-state index contributed by atoms with van der Waals surface area (Å²) < 4.78 is 11.1. The van der Waals surface area contributed by atoms with E-state index in [4.69, 9.17) is 9.47 Å². The molecule has 0 N–H and O–H groups in total. The predicted octanol–water partition coefficient (Wildman–Crippen LogP) is 5.51. The van der Waals surface area contributed by atoms with Gasteiger partial charge in [-0.25, -0.2) is 0 Å². The Kier molecular flexibility index (Phi) is 7.48. The summed E-state index contributed by atoms with van der Waals surface area (Å²) in [4.78, 5) is 5.36. The molecule has 0 saturated carbocycles. The monoisotopic (exact) mass is 466 g/mol. The molecule has 5 rings (SSSR count).